The first-order valence-corrected chi connectivity index (χ1v) is 3.88. The van der Waals surface area contributed by atoms with Gasteiger partial charge >= 0.3 is 0 Å². The van der Waals surface area contributed by atoms with Gasteiger partial charge in [-0.05, 0) is 0 Å². The number of anilines is 1. The van der Waals surface area contributed by atoms with Crippen LogP contribution in [0.15, 0.2) is 11.6 Å². The summed E-state index contributed by atoms with van der Waals surface area (Å²) in [7, 11) is 1.86. The molecule has 0 bridgehead atoms. The van der Waals surface area contributed by atoms with Crippen molar-refractivity contribution in [1.82, 2.24) is 4.98 Å². The van der Waals surface area contributed by atoms with Gasteiger partial charge in [0.15, 0.2) is 5.13 Å². The molecule has 1 rings (SSSR count). The van der Waals surface area contributed by atoms with Crippen molar-refractivity contribution in [3.63, 3.8) is 0 Å². The molecular formula is C6H14N2S. The van der Waals surface area contributed by atoms with Crippen molar-refractivity contribution in [3.8, 4) is 0 Å². The van der Waals surface area contributed by atoms with E-state index in [0.717, 1.165) is 5.13 Å². The Morgan fingerprint density at radius 2 is 2.33 bits per heavy atom. The fourth-order valence-electron chi connectivity index (χ4n) is 0.347. The van der Waals surface area contributed by atoms with E-state index in [1.54, 1.807) is 17.5 Å². The molecule has 0 saturated heterocycles. The van der Waals surface area contributed by atoms with Crippen LogP contribution in [0.2, 0.25) is 0 Å². The zero-order valence-electron chi connectivity index (χ0n) is 6.01. The van der Waals surface area contributed by atoms with Gasteiger partial charge in [0.1, 0.15) is 0 Å². The molecule has 0 aliphatic carbocycles. The fourth-order valence-corrected chi connectivity index (χ4v) is 0.837. The molecule has 1 heterocycles. The summed E-state index contributed by atoms with van der Waals surface area (Å²) < 4.78 is 0. The van der Waals surface area contributed by atoms with Gasteiger partial charge in [-0.25, -0.2) is 4.98 Å². The van der Waals surface area contributed by atoms with E-state index >= 15 is 0 Å². The highest BCUT2D eigenvalue weighted by Gasteiger charge is 1.82. The van der Waals surface area contributed by atoms with E-state index in [2.05, 4.69) is 10.3 Å². The lowest BCUT2D eigenvalue weighted by atomic mass is 11.0. The van der Waals surface area contributed by atoms with Gasteiger partial charge in [0, 0.05) is 20.1 Å². The maximum atomic E-state index is 3.94. The molecule has 0 unspecified atom stereocenters. The average Bonchev–Trinajstić information content (AvgIpc) is 2.43. The van der Waals surface area contributed by atoms with Gasteiger partial charge in [-0.1, -0.05) is 13.8 Å². The molecule has 1 aromatic rings. The Bertz CT molecular complexity index is 130. The predicted octanol–water partition coefficient (Wildman–Crippen LogP) is 2.46. The first-order valence-electron chi connectivity index (χ1n) is 3.00. The van der Waals surface area contributed by atoms with Crippen molar-refractivity contribution in [3.05, 3.63) is 11.6 Å². The topological polar surface area (TPSA) is 24.9 Å². The maximum Gasteiger partial charge on any atom is 0.182 e. The Morgan fingerprint density at radius 1 is 1.67 bits per heavy atom. The smallest absolute Gasteiger partial charge is 0.182 e. The van der Waals surface area contributed by atoms with Gasteiger partial charge in [0.05, 0.1) is 0 Å². The third-order valence-corrected chi connectivity index (χ3v) is 1.44. The van der Waals surface area contributed by atoms with Crippen molar-refractivity contribution < 1.29 is 1.43 Å². The molecule has 1 aromatic heterocycles. The van der Waals surface area contributed by atoms with Crippen molar-refractivity contribution >= 4 is 16.5 Å². The lowest BCUT2D eigenvalue weighted by molar-refractivity contribution is 1.37. The van der Waals surface area contributed by atoms with Gasteiger partial charge in [-0.2, -0.15) is 0 Å². The highest BCUT2D eigenvalue weighted by Crippen LogP contribution is 2.07. The summed E-state index contributed by atoms with van der Waals surface area (Å²) in [5.41, 5.74) is 0. The standard InChI is InChI=1S/C4H6N2S.C2H6.H2/c1-5-4-6-2-3-7-4;1-2;/h2-3H,1H3,(H,5,6);1-2H3;1H. The summed E-state index contributed by atoms with van der Waals surface area (Å²) in [6, 6.07) is 0. The molecule has 0 spiro atoms. The van der Waals surface area contributed by atoms with Crippen LogP contribution in [-0.4, -0.2) is 12.0 Å². The van der Waals surface area contributed by atoms with E-state index in [1.165, 1.54) is 0 Å². The number of nitrogens with one attached hydrogen (secondary N) is 1. The minimum absolute atomic E-state index is 0. The second kappa shape index (κ2) is 5.56. The van der Waals surface area contributed by atoms with E-state index < -0.39 is 0 Å². The Balaban J connectivity index is 0. The molecule has 0 fully saturated rings. The molecule has 0 aromatic carbocycles. The summed E-state index contributed by atoms with van der Waals surface area (Å²) in [6.07, 6.45) is 1.77. The Kier molecular flexibility index (Phi) is 5.21. The fraction of sp³-hybridized carbons (Fsp3) is 0.500. The molecule has 3 heteroatoms. The van der Waals surface area contributed by atoms with E-state index in [4.69, 9.17) is 0 Å². The van der Waals surface area contributed by atoms with Crippen LogP contribution in [-0.2, 0) is 0 Å². The van der Waals surface area contributed by atoms with Gasteiger partial charge < -0.3 is 5.32 Å². The molecule has 0 saturated carbocycles. The maximum absolute atomic E-state index is 3.94. The normalized spacial score (nSPS) is 7.44. The highest BCUT2D eigenvalue weighted by atomic mass is 32.1. The first kappa shape index (κ1) is 8.43. The molecule has 0 aliphatic rings. The number of hydrogen-bond acceptors (Lipinski definition) is 3. The second-order valence-electron chi connectivity index (χ2n) is 1.09. The number of thiazole rings is 1. The Morgan fingerprint density at radius 3 is 2.56 bits per heavy atom. The number of rotatable bonds is 1. The molecule has 0 amide bonds. The summed E-state index contributed by atoms with van der Waals surface area (Å²) in [5.74, 6) is 0. The van der Waals surface area contributed by atoms with Crippen LogP contribution in [0.4, 0.5) is 5.13 Å². The van der Waals surface area contributed by atoms with E-state index in [-0.39, 0.29) is 1.43 Å². The van der Waals surface area contributed by atoms with Gasteiger partial charge in [-0.15, -0.1) is 11.3 Å². The van der Waals surface area contributed by atoms with Gasteiger partial charge in [0.2, 0.25) is 0 Å². The quantitative estimate of drug-likeness (QED) is 0.658. The molecule has 0 atom stereocenters. The van der Waals surface area contributed by atoms with E-state index in [1.807, 2.05) is 26.3 Å². The monoisotopic (exact) mass is 146 g/mol. The molecule has 9 heavy (non-hydrogen) atoms. The molecule has 0 aliphatic heterocycles. The van der Waals surface area contributed by atoms with Crippen LogP contribution in [0, 0.1) is 0 Å². The second-order valence-corrected chi connectivity index (χ2v) is 1.98. The van der Waals surface area contributed by atoms with Crippen molar-refractivity contribution in [2.75, 3.05) is 12.4 Å². The van der Waals surface area contributed by atoms with E-state index in [9.17, 15) is 0 Å². The summed E-state index contributed by atoms with van der Waals surface area (Å²) in [5, 5.41) is 5.82. The zero-order chi connectivity index (χ0) is 7.11. The largest absolute Gasteiger partial charge is 0.365 e. The van der Waals surface area contributed by atoms with Crippen LogP contribution >= 0.6 is 11.3 Å². The number of nitrogens with zero attached hydrogens (tertiary/aromatic N) is 1. The molecular weight excluding hydrogens is 132 g/mol. The highest BCUT2D eigenvalue weighted by molar-refractivity contribution is 7.13. The average molecular weight is 146 g/mol. The third-order valence-electron chi connectivity index (χ3n) is 0.646. The number of aromatic nitrogens is 1. The Hall–Kier alpha value is -0.570. The minimum Gasteiger partial charge on any atom is -0.365 e. The van der Waals surface area contributed by atoms with Crippen LogP contribution in [0.3, 0.4) is 0 Å². The zero-order valence-corrected chi connectivity index (χ0v) is 6.83. The van der Waals surface area contributed by atoms with Crippen molar-refractivity contribution in [2.45, 2.75) is 13.8 Å². The summed E-state index contributed by atoms with van der Waals surface area (Å²) in [6.45, 7) is 4.00. The van der Waals surface area contributed by atoms with Crippen molar-refractivity contribution in [2.24, 2.45) is 0 Å². The van der Waals surface area contributed by atoms with Crippen LogP contribution in [0.25, 0.3) is 0 Å². The molecule has 1 N–H and O–H groups in total. The van der Waals surface area contributed by atoms with E-state index in [0.29, 0.717) is 0 Å². The Labute approximate surface area is 61.4 Å². The third kappa shape index (κ3) is 3.08. The predicted molar refractivity (Wildman–Crippen MR) is 45.1 cm³/mol. The number of hydrogen-bond donors (Lipinski definition) is 1. The first-order chi connectivity index (χ1) is 4.43. The molecule has 0 radical (unpaired) electrons. The minimum atomic E-state index is 0. The van der Waals surface area contributed by atoms with Gasteiger partial charge in [-0.3, -0.25) is 0 Å². The van der Waals surface area contributed by atoms with Crippen LogP contribution < -0.4 is 5.32 Å². The van der Waals surface area contributed by atoms with Gasteiger partial charge in [0.25, 0.3) is 0 Å². The van der Waals surface area contributed by atoms with Crippen LogP contribution in [0.1, 0.15) is 15.3 Å². The summed E-state index contributed by atoms with van der Waals surface area (Å²) in [4.78, 5) is 3.94. The lowest BCUT2D eigenvalue weighted by Crippen LogP contribution is -1.83. The summed E-state index contributed by atoms with van der Waals surface area (Å²) >= 11 is 1.60. The SMILES string of the molecule is CC.CNc1nccs1.[HH]. The molecule has 2 nitrogen and oxygen atoms in total. The molecule has 54 valence electrons. The van der Waals surface area contributed by atoms with Crippen molar-refractivity contribution in [1.29, 1.82) is 0 Å². The lowest BCUT2D eigenvalue weighted by Gasteiger charge is -1.84. The van der Waals surface area contributed by atoms with Crippen LogP contribution in [0.5, 0.6) is 0 Å².